The van der Waals surface area contributed by atoms with E-state index >= 15 is 0 Å². The minimum absolute atomic E-state index is 0.0427. The Morgan fingerprint density at radius 2 is 1.90 bits per heavy atom. The molecular formula is C18H23N5O5S3. The van der Waals surface area contributed by atoms with Gasteiger partial charge in [-0.2, -0.15) is 4.31 Å². The lowest BCUT2D eigenvalue weighted by molar-refractivity contribution is -0.129. The molecule has 1 saturated heterocycles. The third-order valence-electron chi connectivity index (χ3n) is 4.89. The zero-order valence-electron chi connectivity index (χ0n) is 16.9. The number of nitrogens with one attached hydrogen (secondary N) is 1. The summed E-state index contributed by atoms with van der Waals surface area (Å²) in [6.07, 6.45) is 0.751. The number of hydrogen-bond acceptors (Lipinski definition) is 10. The zero-order valence-corrected chi connectivity index (χ0v) is 19.4. The molecule has 3 heterocycles. The molecule has 0 unspecified atom stereocenters. The Kier molecular flexibility index (Phi) is 6.84. The first-order valence-electron chi connectivity index (χ1n) is 9.79. The summed E-state index contributed by atoms with van der Waals surface area (Å²) in [4.78, 5) is 14.4. The summed E-state index contributed by atoms with van der Waals surface area (Å²) >= 11 is 2.72. The molecule has 1 aromatic carbocycles. The average molecular weight is 486 g/mol. The minimum Gasteiger partial charge on any atom is -0.490 e. The number of carbonyl (C=O) groups is 1. The maximum Gasteiger partial charge on any atom is 0.243 e. The number of benzene rings is 1. The molecule has 31 heavy (non-hydrogen) atoms. The molecule has 0 aliphatic carbocycles. The number of nitrogens with zero attached hydrogens (tertiary/aromatic N) is 4. The van der Waals surface area contributed by atoms with E-state index in [1.165, 1.54) is 33.5 Å². The van der Waals surface area contributed by atoms with Crippen molar-refractivity contribution in [3.63, 3.8) is 0 Å². The number of hydrogen-bond donors (Lipinski definition) is 1. The molecule has 13 heteroatoms. The highest BCUT2D eigenvalue weighted by Gasteiger charge is 2.31. The fourth-order valence-electron chi connectivity index (χ4n) is 3.21. The number of aromatic nitrogens is 2. The van der Waals surface area contributed by atoms with Crippen molar-refractivity contribution in [2.45, 2.75) is 15.7 Å². The third kappa shape index (κ3) is 5.05. The number of fused-ring (bicyclic) bond motifs is 1. The van der Waals surface area contributed by atoms with E-state index in [0.717, 1.165) is 6.42 Å². The predicted octanol–water partition coefficient (Wildman–Crippen LogP) is 1.37. The van der Waals surface area contributed by atoms with Crippen molar-refractivity contribution in [2.24, 2.45) is 0 Å². The van der Waals surface area contributed by atoms with Crippen LogP contribution in [0.15, 0.2) is 27.4 Å². The summed E-state index contributed by atoms with van der Waals surface area (Å²) in [5, 5.41) is 11.6. The van der Waals surface area contributed by atoms with Crippen LogP contribution in [0.1, 0.15) is 6.42 Å². The van der Waals surface area contributed by atoms with Crippen LogP contribution in [-0.4, -0.2) is 85.9 Å². The zero-order chi connectivity index (χ0) is 21.8. The van der Waals surface area contributed by atoms with Gasteiger partial charge >= 0.3 is 0 Å². The van der Waals surface area contributed by atoms with Gasteiger partial charge in [0.05, 0.1) is 23.9 Å². The second-order valence-corrected chi connectivity index (χ2v) is 11.0. The first-order chi connectivity index (χ1) is 15.0. The van der Waals surface area contributed by atoms with Crippen molar-refractivity contribution in [3.8, 4) is 11.5 Å². The molecule has 168 valence electrons. The van der Waals surface area contributed by atoms with E-state index in [1.807, 2.05) is 0 Å². The van der Waals surface area contributed by atoms with Gasteiger partial charge in [0.2, 0.25) is 21.1 Å². The summed E-state index contributed by atoms with van der Waals surface area (Å²) in [6, 6.07) is 4.70. The fraction of sp³-hybridized carbons (Fsp3) is 0.500. The van der Waals surface area contributed by atoms with Gasteiger partial charge < -0.3 is 19.7 Å². The topological polar surface area (TPSA) is 114 Å². The van der Waals surface area contributed by atoms with Crippen LogP contribution in [0.5, 0.6) is 11.5 Å². The Hall–Kier alpha value is -2.09. The average Bonchev–Trinajstić information content (AvgIpc) is 3.13. The van der Waals surface area contributed by atoms with E-state index in [1.54, 1.807) is 24.1 Å². The normalized spacial score (nSPS) is 17.3. The van der Waals surface area contributed by atoms with Crippen molar-refractivity contribution in [1.82, 2.24) is 19.4 Å². The van der Waals surface area contributed by atoms with Gasteiger partial charge in [-0.1, -0.05) is 23.1 Å². The number of carbonyl (C=O) groups excluding carboxylic acids is 1. The maximum atomic E-state index is 13.1. The molecule has 0 saturated carbocycles. The smallest absolute Gasteiger partial charge is 0.243 e. The van der Waals surface area contributed by atoms with Gasteiger partial charge in [-0.25, -0.2) is 8.42 Å². The van der Waals surface area contributed by atoms with Crippen LogP contribution in [0.25, 0.3) is 0 Å². The first kappa shape index (κ1) is 22.1. The molecule has 1 amide bonds. The van der Waals surface area contributed by atoms with Crippen LogP contribution >= 0.6 is 23.1 Å². The van der Waals surface area contributed by atoms with E-state index in [9.17, 15) is 13.2 Å². The molecule has 4 rings (SSSR count). The molecule has 0 atom stereocenters. The van der Waals surface area contributed by atoms with Gasteiger partial charge in [0, 0.05) is 45.7 Å². The Morgan fingerprint density at radius 3 is 2.61 bits per heavy atom. The summed E-state index contributed by atoms with van der Waals surface area (Å²) in [6.45, 7) is 2.22. The summed E-state index contributed by atoms with van der Waals surface area (Å²) < 4.78 is 39.5. The first-order valence-corrected chi connectivity index (χ1v) is 13.0. The quantitative estimate of drug-likeness (QED) is 0.606. The van der Waals surface area contributed by atoms with Crippen molar-refractivity contribution in [1.29, 1.82) is 0 Å². The predicted molar refractivity (Wildman–Crippen MR) is 118 cm³/mol. The number of rotatable bonds is 6. The highest BCUT2D eigenvalue weighted by atomic mass is 32.2. The van der Waals surface area contributed by atoms with Crippen LogP contribution in [-0.2, 0) is 14.8 Å². The van der Waals surface area contributed by atoms with Gasteiger partial charge in [0.15, 0.2) is 15.8 Å². The van der Waals surface area contributed by atoms with Gasteiger partial charge in [0.25, 0.3) is 0 Å². The summed E-state index contributed by atoms with van der Waals surface area (Å²) in [5.74, 6) is 1.20. The molecule has 2 aliphatic rings. The highest BCUT2D eigenvalue weighted by molar-refractivity contribution is 8.01. The van der Waals surface area contributed by atoms with Crippen molar-refractivity contribution < 1.29 is 22.7 Å². The highest BCUT2D eigenvalue weighted by Crippen LogP contribution is 2.33. The number of anilines is 1. The van der Waals surface area contributed by atoms with Crippen LogP contribution in [0, 0.1) is 0 Å². The van der Waals surface area contributed by atoms with Gasteiger partial charge in [-0.05, 0) is 12.1 Å². The second kappa shape index (κ2) is 9.59. The number of thioether (sulfide) groups is 1. The largest absolute Gasteiger partial charge is 0.490 e. The molecular weight excluding hydrogens is 462 g/mol. The van der Waals surface area contributed by atoms with Gasteiger partial charge in [-0.15, -0.1) is 10.2 Å². The van der Waals surface area contributed by atoms with Crippen LogP contribution < -0.4 is 14.8 Å². The molecule has 0 bridgehead atoms. The van der Waals surface area contributed by atoms with Crippen LogP contribution in [0.2, 0.25) is 0 Å². The summed E-state index contributed by atoms with van der Waals surface area (Å²) in [7, 11) is -1.92. The van der Waals surface area contributed by atoms with Crippen molar-refractivity contribution in [2.75, 3.05) is 57.5 Å². The minimum atomic E-state index is -3.68. The Labute approximate surface area is 189 Å². The lowest BCUT2D eigenvalue weighted by atomic mass is 10.3. The molecule has 0 spiro atoms. The monoisotopic (exact) mass is 485 g/mol. The van der Waals surface area contributed by atoms with E-state index in [4.69, 9.17) is 9.47 Å². The number of piperazine rings is 1. The standard InChI is InChI=1S/C18H23N5O5S3/c1-19-17-20-21-18(30-17)29-12-16(24)22-5-7-23(8-6-22)31(25,26)13-3-4-14-15(11-13)28-10-2-9-27-14/h3-4,11H,2,5-10,12H2,1H3,(H,19,20). The lowest BCUT2D eigenvalue weighted by Gasteiger charge is -2.34. The Morgan fingerprint density at radius 1 is 1.16 bits per heavy atom. The second-order valence-electron chi connectivity index (χ2n) is 6.86. The number of ether oxygens (including phenoxy) is 2. The lowest BCUT2D eigenvalue weighted by Crippen LogP contribution is -2.50. The molecule has 2 aromatic rings. The number of sulfonamides is 1. The van der Waals surface area contributed by atoms with E-state index in [-0.39, 0.29) is 29.6 Å². The SMILES string of the molecule is CNc1nnc(SCC(=O)N2CCN(S(=O)(=O)c3ccc4c(c3)OCCCO4)CC2)s1. The van der Waals surface area contributed by atoms with E-state index < -0.39 is 10.0 Å². The van der Waals surface area contributed by atoms with E-state index in [0.29, 0.717) is 47.3 Å². The van der Waals surface area contributed by atoms with Gasteiger partial charge in [-0.3, -0.25) is 4.79 Å². The van der Waals surface area contributed by atoms with Crippen molar-refractivity contribution >= 4 is 44.2 Å². The Bertz CT molecular complexity index is 1040. The fourth-order valence-corrected chi connectivity index (χ4v) is 6.26. The maximum absolute atomic E-state index is 13.1. The summed E-state index contributed by atoms with van der Waals surface area (Å²) in [5.41, 5.74) is 0. The third-order valence-corrected chi connectivity index (χ3v) is 8.84. The van der Waals surface area contributed by atoms with Crippen LogP contribution in [0.4, 0.5) is 5.13 Å². The number of amides is 1. The molecule has 0 radical (unpaired) electrons. The van der Waals surface area contributed by atoms with Crippen LogP contribution in [0.3, 0.4) is 0 Å². The molecule has 1 aromatic heterocycles. The molecule has 1 fully saturated rings. The van der Waals surface area contributed by atoms with E-state index in [2.05, 4.69) is 15.5 Å². The Balaban J connectivity index is 1.34. The molecule has 10 nitrogen and oxygen atoms in total. The van der Waals surface area contributed by atoms with Gasteiger partial charge in [0.1, 0.15) is 0 Å². The molecule has 1 N–H and O–H groups in total. The molecule has 2 aliphatic heterocycles. The van der Waals surface area contributed by atoms with Crippen molar-refractivity contribution in [3.05, 3.63) is 18.2 Å².